The second-order valence-electron chi connectivity index (χ2n) is 8.40. The van der Waals surface area contributed by atoms with E-state index in [1.807, 2.05) is 54.6 Å². The Hall–Kier alpha value is -4.39. The summed E-state index contributed by atoms with van der Waals surface area (Å²) in [5.74, 6) is -0.829. The summed E-state index contributed by atoms with van der Waals surface area (Å²) in [6.45, 7) is 2.30. The average molecular weight is 468 g/mol. The number of ether oxygens (including phenoxy) is 1. The number of aliphatic carboxylic acids is 1. The van der Waals surface area contributed by atoms with Gasteiger partial charge in [0.05, 0.1) is 17.8 Å². The van der Waals surface area contributed by atoms with E-state index >= 15 is 0 Å². The van der Waals surface area contributed by atoms with Gasteiger partial charge in [0.2, 0.25) is 0 Å². The zero-order valence-electron chi connectivity index (χ0n) is 19.1. The summed E-state index contributed by atoms with van der Waals surface area (Å²) in [4.78, 5) is 27.2. The molecule has 0 aliphatic carbocycles. The molecule has 0 saturated carbocycles. The normalized spacial score (nSPS) is 16.3. The number of carbonyl (C=O) groups excluding carboxylic acids is 1. The SMILES string of the molecule is O=C(O)C1=NN(c2ccccc2)C(=O)/C1=C\c1ccc2c(c1)CCCN2CCOc1ccccc1. The van der Waals surface area contributed by atoms with Gasteiger partial charge in [0.15, 0.2) is 5.71 Å². The third kappa shape index (κ3) is 4.80. The highest BCUT2D eigenvalue weighted by Gasteiger charge is 2.35. The molecule has 1 amide bonds. The van der Waals surface area contributed by atoms with Crippen LogP contribution in [0.1, 0.15) is 17.5 Å². The van der Waals surface area contributed by atoms with Crippen LogP contribution in [0.3, 0.4) is 0 Å². The van der Waals surface area contributed by atoms with Crippen LogP contribution < -0.4 is 14.6 Å². The predicted octanol–water partition coefficient (Wildman–Crippen LogP) is 4.39. The number of rotatable bonds is 7. The van der Waals surface area contributed by atoms with Gasteiger partial charge in [0.1, 0.15) is 12.4 Å². The van der Waals surface area contributed by atoms with Gasteiger partial charge in [-0.2, -0.15) is 10.1 Å². The van der Waals surface area contributed by atoms with E-state index in [9.17, 15) is 14.7 Å². The Kier molecular flexibility index (Phi) is 6.30. The van der Waals surface area contributed by atoms with Crippen LogP contribution in [0.25, 0.3) is 6.08 Å². The van der Waals surface area contributed by atoms with E-state index in [1.165, 1.54) is 5.56 Å². The largest absolute Gasteiger partial charge is 0.492 e. The monoisotopic (exact) mass is 467 g/mol. The van der Waals surface area contributed by atoms with Crippen LogP contribution in [0.2, 0.25) is 0 Å². The Balaban J connectivity index is 1.35. The van der Waals surface area contributed by atoms with E-state index in [0.717, 1.165) is 47.9 Å². The van der Waals surface area contributed by atoms with Crippen molar-refractivity contribution in [2.75, 3.05) is 29.6 Å². The van der Waals surface area contributed by atoms with Gasteiger partial charge in [-0.15, -0.1) is 0 Å². The van der Waals surface area contributed by atoms with Gasteiger partial charge in [-0.25, -0.2) is 4.79 Å². The van der Waals surface area contributed by atoms with E-state index in [1.54, 1.807) is 30.3 Å². The first-order chi connectivity index (χ1) is 17.1. The lowest BCUT2D eigenvalue weighted by molar-refractivity contribution is -0.129. The quantitative estimate of drug-likeness (QED) is 0.521. The highest BCUT2D eigenvalue weighted by Crippen LogP contribution is 2.30. The summed E-state index contributed by atoms with van der Waals surface area (Å²) in [6.07, 6.45) is 3.56. The Bertz CT molecular complexity index is 1300. The van der Waals surface area contributed by atoms with E-state index in [2.05, 4.69) is 10.0 Å². The number of amides is 1. The van der Waals surface area contributed by atoms with Crippen molar-refractivity contribution in [1.29, 1.82) is 0 Å². The number of carbonyl (C=O) groups is 2. The first kappa shape index (κ1) is 22.4. The maximum atomic E-state index is 13.1. The Morgan fingerprint density at radius 2 is 1.77 bits per heavy atom. The molecule has 0 unspecified atom stereocenters. The van der Waals surface area contributed by atoms with Crippen LogP contribution in [0.5, 0.6) is 5.75 Å². The third-order valence-electron chi connectivity index (χ3n) is 6.08. The van der Waals surface area contributed by atoms with Crippen LogP contribution in [0.4, 0.5) is 11.4 Å². The fraction of sp³-hybridized carbons (Fsp3) is 0.179. The maximum absolute atomic E-state index is 13.1. The second kappa shape index (κ2) is 9.85. The van der Waals surface area contributed by atoms with Crippen molar-refractivity contribution >= 4 is 35.0 Å². The molecule has 0 aromatic heterocycles. The van der Waals surface area contributed by atoms with Crippen LogP contribution >= 0.6 is 0 Å². The molecule has 1 N–H and O–H groups in total. The molecule has 0 spiro atoms. The van der Waals surface area contributed by atoms with Crippen LogP contribution in [0.15, 0.2) is 89.5 Å². The number of hydrogen-bond acceptors (Lipinski definition) is 5. The molecule has 3 aromatic rings. The summed E-state index contributed by atoms with van der Waals surface area (Å²) < 4.78 is 5.87. The summed E-state index contributed by atoms with van der Waals surface area (Å²) in [5, 5.41) is 14.9. The molecule has 0 saturated heterocycles. The molecule has 7 nitrogen and oxygen atoms in total. The van der Waals surface area contributed by atoms with E-state index in [-0.39, 0.29) is 11.3 Å². The predicted molar refractivity (Wildman–Crippen MR) is 136 cm³/mol. The molecule has 7 heteroatoms. The molecule has 0 fully saturated rings. The smallest absolute Gasteiger partial charge is 0.357 e. The highest BCUT2D eigenvalue weighted by atomic mass is 16.5. The molecule has 3 aromatic carbocycles. The summed E-state index contributed by atoms with van der Waals surface area (Å²) in [5.41, 5.74) is 3.44. The highest BCUT2D eigenvalue weighted by molar-refractivity contribution is 6.53. The summed E-state index contributed by atoms with van der Waals surface area (Å²) in [7, 11) is 0. The van der Waals surface area contributed by atoms with E-state index in [0.29, 0.717) is 12.3 Å². The Labute approximate surface area is 203 Å². The molecular weight excluding hydrogens is 442 g/mol. The number of carboxylic acids is 1. The number of hydrogen-bond donors (Lipinski definition) is 1. The van der Waals surface area contributed by atoms with Gasteiger partial charge < -0.3 is 14.7 Å². The van der Waals surface area contributed by atoms with Gasteiger partial charge in [-0.1, -0.05) is 42.5 Å². The summed E-state index contributed by atoms with van der Waals surface area (Å²) in [6, 6.07) is 24.6. The number of fused-ring (bicyclic) bond motifs is 1. The lowest BCUT2D eigenvalue weighted by Gasteiger charge is -2.31. The number of aryl methyl sites for hydroxylation is 1. The van der Waals surface area contributed by atoms with Gasteiger partial charge in [0.25, 0.3) is 5.91 Å². The maximum Gasteiger partial charge on any atom is 0.357 e. The van der Waals surface area contributed by atoms with Gasteiger partial charge in [-0.3, -0.25) is 4.79 Å². The van der Waals surface area contributed by atoms with Crippen molar-refractivity contribution < 1.29 is 19.4 Å². The van der Waals surface area contributed by atoms with Crippen LogP contribution in [-0.2, 0) is 16.0 Å². The minimum absolute atomic E-state index is 0.0743. The summed E-state index contributed by atoms with van der Waals surface area (Å²) >= 11 is 0. The van der Waals surface area contributed by atoms with E-state index < -0.39 is 11.9 Å². The molecule has 2 aliphatic rings. The topological polar surface area (TPSA) is 82.4 Å². The molecule has 35 heavy (non-hydrogen) atoms. The first-order valence-corrected chi connectivity index (χ1v) is 11.6. The molecule has 2 aliphatic heterocycles. The number of para-hydroxylation sites is 2. The molecule has 5 rings (SSSR count). The minimum Gasteiger partial charge on any atom is -0.492 e. The van der Waals surface area contributed by atoms with Gasteiger partial charge >= 0.3 is 5.97 Å². The zero-order valence-corrected chi connectivity index (χ0v) is 19.1. The lowest BCUT2D eigenvalue weighted by atomic mass is 9.97. The van der Waals surface area contributed by atoms with Crippen molar-refractivity contribution in [2.24, 2.45) is 5.10 Å². The molecule has 0 bridgehead atoms. The van der Waals surface area contributed by atoms with Crippen molar-refractivity contribution in [1.82, 2.24) is 0 Å². The van der Waals surface area contributed by atoms with Crippen LogP contribution in [0, 0.1) is 0 Å². The first-order valence-electron chi connectivity index (χ1n) is 11.6. The average Bonchev–Trinajstić information content (AvgIpc) is 3.21. The van der Waals surface area contributed by atoms with Crippen LogP contribution in [-0.4, -0.2) is 42.4 Å². The minimum atomic E-state index is -1.23. The molecule has 2 heterocycles. The number of anilines is 2. The molecule has 176 valence electrons. The fourth-order valence-electron chi connectivity index (χ4n) is 4.42. The standard InChI is InChI=1S/C28H25N3O4/c32-27-24(26(28(33)34)29-31(27)22-9-3-1-4-10-22)19-20-13-14-25-21(18-20)8-7-15-30(25)16-17-35-23-11-5-2-6-12-23/h1-6,9-14,18-19H,7-8,15-17H2,(H,33,34)/b24-19-. The number of nitrogens with zero attached hydrogens (tertiary/aromatic N) is 3. The third-order valence-corrected chi connectivity index (χ3v) is 6.08. The fourth-order valence-corrected chi connectivity index (χ4v) is 4.42. The number of carboxylic acid groups (broad SMARTS) is 1. The zero-order chi connectivity index (χ0) is 24.2. The van der Waals surface area contributed by atoms with Crippen molar-refractivity contribution in [3.05, 3.63) is 95.6 Å². The van der Waals surface area contributed by atoms with Gasteiger partial charge in [-0.05, 0) is 66.4 Å². The van der Waals surface area contributed by atoms with Crippen molar-refractivity contribution in [2.45, 2.75) is 12.8 Å². The number of hydrazone groups is 1. The molecule has 0 atom stereocenters. The molecular formula is C28H25N3O4. The Morgan fingerprint density at radius 3 is 2.51 bits per heavy atom. The van der Waals surface area contributed by atoms with Gasteiger partial charge in [0, 0.05) is 12.2 Å². The second-order valence-corrected chi connectivity index (χ2v) is 8.40. The van der Waals surface area contributed by atoms with Crippen molar-refractivity contribution in [3.8, 4) is 5.75 Å². The Morgan fingerprint density at radius 1 is 1.03 bits per heavy atom. The number of benzene rings is 3. The lowest BCUT2D eigenvalue weighted by Crippen LogP contribution is -2.33. The molecule has 0 radical (unpaired) electrons. The van der Waals surface area contributed by atoms with E-state index in [4.69, 9.17) is 4.74 Å². The van der Waals surface area contributed by atoms with Crippen molar-refractivity contribution in [3.63, 3.8) is 0 Å².